The molecule has 216 valence electrons. The standard InChI is InChI=1S/C30H45N3O6/c1-7-9-10-15-31-27(36)25-30-16-19(5)29(6,39-30)23(24(30)28(37)33(25)22(17-34)18(3)4)26(35)32-20-11-13-21(14-12-20)38-8-2/h11-14,18-19,22-25,34H,7-10,15-17H2,1-6H3,(H,31,36)(H,32,35)/t19?,22-,23-,24-,25?,29+,30?/m0/s1. The predicted molar refractivity (Wildman–Crippen MR) is 148 cm³/mol. The van der Waals surface area contributed by atoms with Gasteiger partial charge in [-0.2, -0.15) is 0 Å². The number of fused-ring (bicyclic) bond motifs is 1. The fraction of sp³-hybridized carbons (Fsp3) is 0.700. The largest absolute Gasteiger partial charge is 0.494 e. The van der Waals surface area contributed by atoms with Gasteiger partial charge in [0.05, 0.1) is 36.7 Å². The number of nitrogens with one attached hydrogen (secondary N) is 2. The van der Waals surface area contributed by atoms with Crippen LogP contribution in [0.5, 0.6) is 5.75 Å². The third kappa shape index (κ3) is 4.92. The van der Waals surface area contributed by atoms with Crippen LogP contribution in [-0.4, -0.2) is 70.8 Å². The molecule has 39 heavy (non-hydrogen) atoms. The molecule has 3 aliphatic rings. The molecule has 3 unspecified atom stereocenters. The molecule has 1 spiro atoms. The van der Waals surface area contributed by atoms with Gasteiger partial charge in [-0.15, -0.1) is 0 Å². The number of carbonyl (C=O) groups excluding carboxylic acids is 3. The first kappa shape index (κ1) is 29.3. The third-order valence-corrected chi connectivity index (χ3v) is 9.11. The number of amides is 3. The highest BCUT2D eigenvalue weighted by molar-refractivity contribution is 6.02. The van der Waals surface area contributed by atoms with Crippen LogP contribution in [0.2, 0.25) is 0 Å². The quantitative estimate of drug-likeness (QED) is 0.348. The van der Waals surface area contributed by atoms with Gasteiger partial charge in [-0.05, 0) is 62.8 Å². The van der Waals surface area contributed by atoms with Crippen molar-refractivity contribution in [1.82, 2.24) is 10.2 Å². The lowest BCUT2D eigenvalue weighted by atomic mass is 9.62. The predicted octanol–water partition coefficient (Wildman–Crippen LogP) is 3.36. The van der Waals surface area contributed by atoms with Crippen molar-refractivity contribution in [3.05, 3.63) is 24.3 Å². The van der Waals surface area contributed by atoms with E-state index in [1.54, 1.807) is 29.2 Å². The molecule has 7 atom stereocenters. The monoisotopic (exact) mass is 543 g/mol. The molecule has 1 aromatic carbocycles. The highest BCUT2D eigenvalue weighted by atomic mass is 16.5. The Kier molecular flexibility index (Phi) is 8.61. The van der Waals surface area contributed by atoms with Crippen LogP contribution in [0.25, 0.3) is 0 Å². The molecule has 0 aliphatic carbocycles. The van der Waals surface area contributed by atoms with Crippen molar-refractivity contribution in [2.24, 2.45) is 23.7 Å². The molecule has 3 heterocycles. The lowest BCUT2D eigenvalue weighted by Crippen LogP contribution is -2.59. The van der Waals surface area contributed by atoms with Gasteiger partial charge in [-0.1, -0.05) is 40.5 Å². The lowest BCUT2D eigenvalue weighted by Gasteiger charge is -2.38. The first-order valence-corrected chi connectivity index (χ1v) is 14.5. The van der Waals surface area contributed by atoms with E-state index in [9.17, 15) is 19.5 Å². The lowest BCUT2D eigenvalue weighted by molar-refractivity contribution is -0.151. The number of likely N-dealkylation sites (tertiary alicyclic amines) is 1. The molecule has 0 aromatic heterocycles. The molecule has 3 saturated heterocycles. The topological polar surface area (TPSA) is 117 Å². The highest BCUT2D eigenvalue weighted by Crippen LogP contribution is 2.65. The molecule has 9 heteroatoms. The van der Waals surface area contributed by atoms with Gasteiger partial charge in [0.15, 0.2) is 0 Å². The maximum atomic E-state index is 14.3. The number of unbranched alkanes of at least 4 members (excludes halogenated alkanes) is 2. The summed E-state index contributed by atoms with van der Waals surface area (Å²) in [5, 5.41) is 16.4. The minimum atomic E-state index is -1.14. The number of hydrogen-bond acceptors (Lipinski definition) is 6. The first-order valence-electron chi connectivity index (χ1n) is 14.5. The summed E-state index contributed by atoms with van der Waals surface area (Å²) in [5.74, 6) is -1.92. The second-order valence-electron chi connectivity index (χ2n) is 11.9. The summed E-state index contributed by atoms with van der Waals surface area (Å²) in [5.41, 5.74) is -1.45. The molecule has 3 N–H and O–H groups in total. The van der Waals surface area contributed by atoms with E-state index in [-0.39, 0.29) is 36.2 Å². The van der Waals surface area contributed by atoms with Crippen molar-refractivity contribution in [3.8, 4) is 5.75 Å². The zero-order chi connectivity index (χ0) is 28.5. The number of aliphatic hydroxyl groups excluding tert-OH is 1. The van der Waals surface area contributed by atoms with E-state index in [2.05, 4.69) is 17.6 Å². The maximum absolute atomic E-state index is 14.3. The second kappa shape index (κ2) is 11.5. The fourth-order valence-corrected chi connectivity index (χ4v) is 7.06. The fourth-order valence-electron chi connectivity index (χ4n) is 7.06. The van der Waals surface area contributed by atoms with Crippen molar-refractivity contribution >= 4 is 23.4 Å². The molecular formula is C30H45N3O6. The Bertz CT molecular complexity index is 1060. The third-order valence-electron chi connectivity index (χ3n) is 9.11. The number of rotatable bonds is 12. The van der Waals surface area contributed by atoms with E-state index in [0.717, 1.165) is 19.3 Å². The van der Waals surface area contributed by atoms with E-state index in [1.165, 1.54) is 0 Å². The minimum absolute atomic E-state index is 0.0559. The number of nitrogens with zero attached hydrogens (tertiary/aromatic N) is 1. The Hall–Kier alpha value is -2.65. The number of carbonyl (C=O) groups is 3. The molecule has 2 bridgehead atoms. The Labute approximate surface area is 232 Å². The number of ether oxygens (including phenoxy) is 2. The first-order chi connectivity index (χ1) is 18.5. The van der Waals surface area contributed by atoms with Crippen molar-refractivity contribution in [1.29, 1.82) is 0 Å². The average molecular weight is 544 g/mol. The van der Waals surface area contributed by atoms with Crippen molar-refractivity contribution in [3.63, 3.8) is 0 Å². The summed E-state index contributed by atoms with van der Waals surface area (Å²) in [6, 6.07) is 5.65. The normalized spacial score (nSPS) is 31.9. The number of benzene rings is 1. The Balaban J connectivity index is 1.69. The van der Waals surface area contributed by atoms with Crippen molar-refractivity contribution < 1.29 is 29.0 Å². The molecule has 3 aliphatic heterocycles. The summed E-state index contributed by atoms with van der Waals surface area (Å²) < 4.78 is 12.3. The zero-order valence-corrected chi connectivity index (χ0v) is 24.2. The van der Waals surface area contributed by atoms with Crippen LogP contribution in [0.1, 0.15) is 67.2 Å². The summed E-state index contributed by atoms with van der Waals surface area (Å²) in [6.07, 6.45) is 3.35. The Morgan fingerprint density at radius 3 is 2.46 bits per heavy atom. The van der Waals surface area contributed by atoms with Crippen LogP contribution in [-0.2, 0) is 19.1 Å². The SMILES string of the molecule is CCCCCNC(=O)C1N([C@@H](CO)C(C)C)C(=O)[C@@H]2[C@@H](C(=O)Nc3ccc(OCC)cc3)[C@]3(C)OC12CC3C. The van der Waals surface area contributed by atoms with Gasteiger partial charge in [-0.3, -0.25) is 14.4 Å². The van der Waals surface area contributed by atoms with Crippen LogP contribution < -0.4 is 15.4 Å². The maximum Gasteiger partial charge on any atom is 0.245 e. The second-order valence-corrected chi connectivity index (χ2v) is 11.9. The highest BCUT2D eigenvalue weighted by Gasteiger charge is 2.80. The smallest absolute Gasteiger partial charge is 0.245 e. The number of anilines is 1. The van der Waals surface area contributed by atoms with Crippen LogP contribution in [0, 0.1) is 23.7 Å². The van der Waals surface area contributed by atoms with Gasteiger partial charge >= 0.3 is 0 Å². The van der Waals surface area contributed by atoms with E-state index >= 15 is 0 Å². The van der Waals surface area contributed by atoms with E-state index in [4.69, 9.17) is 9.47 Å². The molecule has 0 saturated carbocycles. The molecule has 0 radical (unpaired) electrons. The number of hydrogen-bond donors (Lipinski definition) is 3. The molecular weight excluding hydrogens is 498 g/mol. The van der Waals surface area contributed by atoms with Gasteiger partial charge in [0, 0.05) is 12.2 Å². The minimum Gasteiger partial charge on any atom is -0.494 e. The average Bonchev–Trinajstić information content (AvgIpc) is 3.40. The molecule has 1 aromatic rings. The summed E-state index contributed by atoms with van der Waals surface area (Å²) >= 11 is 0. The van der Waals surface area contributed by atoms with Crippen LogP contribution in [0.15, 0.2) is 24.3 Å². The van der Waals surface area contributed by atoms with E-state index < -0.39 is 35.1 Å². The Morgan fingerprint density at radius 1 is 1.18 bits per heavy atom. The zero-order valence-electron chi connectivity index (χ0n) is 24.2. The number of aliphatic hydroxyl groups is 1. The van der Waals surface area contributed by atoms with Crippen LogP contribution >= 0.6 is 0 Å². The van der Waals surface area contributed by atoms with Gasteiger partial charge in [0.1, 0.15) is 17.4 Å². The molecule has 9 nitrogen and oxygen atoms in total. The van der Waals surface area contributed by atoms with Gasteiger partial charge in [0.2, 0.25) is 17.7 Å². The van der Waals surface area contributed by atoms with E-state index in [1.807, 2.05) is 34.6 Å². The van der Waals surface area contributed by atoms with Gasteiger partial charge in [-0.25, -0.2) is 0 Å². The summed E-state index contributed by atoms with van der Waals surface area (Å²) in [6.45, 7) is 12.6. The van der Waals surface area contributed by atoms with Crippen molar-refractivity contribution in [2.45, 2.75) is 90.5 Å². The summed E-state index contributed by atoms with van der Waals surface area (Å²) in [4.78, 5) is 43.5. The molecule has 3 fully saturated rings. The van der Waals surface area contributed by atoms with E-state index in [0.29, 0.717) is 31.0 Å². The summed E-state index contributed by atoms with van der Waals surface area (Å²) in [7, 11) is 0. The van der Waals surface area contributed by atoms with Crippen molar-refractivity contribution in [2.75, 3.05) is 25.1 Å². The van der Waals surface area contributed by atoms with Crippen LogP contribution in [0.4, 0.5) is 5.69 Å². The van der Waals surface area contributed by atoms with Crippen LogP contribution in [0.3, 0.4) is 0 Å². The Morgan fingerprint density at radius 2 is 1.87 bits per heavy atom. The molecule has 3 amide bonds. The van der Waals surface area contributed by atoms with Gasteiger partial charge < -0.3 is 30.1 Å². The van der Waals surface area contributed by atoms with Gasteiger partial charge in [0.25, 0.3) is 0 Å². The molecule has 4 rings (SSSR count).